The molecule has 2 aromatic heterocycles. The van der Waals surface area contributed by atoms with E-state index < -0.39 is 10.0 Å². The minimum Gasteiger partial charge on any atom is -0.237 e. The van der Waals surface area contributed by atoms with Crippen LogP contribution in [0.1, 0.15) is 18.2 Å². The molecule has 5 heteroatoms. The fraction of sp³-hybridized carbons (Fsp3) is 0.188. The zero-order valence-corrected chi connectivity index (χ0v) is 12.8. The Morgan fingerprint density at radius 1 is 1.14 bits per heavy atom. The lowest BCUT2D eigenvalue weighted by molar-refractivity contribution is 0.587. The summed E-state index contributed by atoms with van der Waals surface area (Å²) in [7, 11) is -3.63. The maximum Gasteiger partial charge on any atom is 0.269 e. The van der Waals surface area contributed by atoms with Gasteiger partial charge in [0.05, 0.1) is 4.90 Å². The summed E-state index contributed by atoms with van der Waals surface area (Å²) in [5, 5.41) is 0.838. The topological polar surface area (TPSA) is 52.0 Å². The molecule has 0 saturated carbocycles. The second-order valence-corrected chi connectivity index (χ2v) is 6.77. The van der Waals surface area contributed by atoms with Crippen LogP contribution in [-0.4, -0.2) is 17.4 Å². The summed E-state index contributed by atoms with van der Waals surface area (Å²) in [6.45, 7) is 3.87. The summed E-state index contributed by atoms with van der Waals surface area (Å²) in [4.78, 5) is 4.53. The first kappa shape index (κ1) is 13.8. The first-order chi connectivity index (χ1) is 10.0. The molecule has 0 aliphatic heterocycles. The Labute approximate surface area is 124 Å². The summed E-state index contributed by atoms with van der Waals surface area (Å²) >= 11 is 0. The average Bonchev–Trinajstić information content (AvgIpc) is 2.87. The maximum atomic E-state index is 12.9. The van der Waals surface area contributed by atoms with E-state index >= 15 is 0 Å². The van der Waals surface area contributed by atoms with Crippen molar-refractivity contribution in [1.29, 1.82) is 0 Å². The Kier molecular flexibility index (Phi) is 3.29. The molecular formula is C16H16N2O2S. The van der Waals surface area contributed by atoms with Gasteiger partial charge in [0.2, 0.25) is 0 Å². The molecule has 0 fully saturated rings. The highest BCUT2D eigenvalue weighted by atomic mass is 32.2. The van der Waals surface area contributed by atoms with Crippen LogP contribution in [0.25, 0.3) is 11.0 Å². The number of rotatable bonds is 3. The van der Waals surface area contributed by atoms with Crippen molar-refractivity contribution in [3.05, 3.63) is 59.9 Å². The van der Waals surface area contributed by atoms with E-state index in [4.69, 9.17) is 0 Å². The van der Waals surface area contributed by atoms with Crippen LogP contribution in [-0.2, 0) is 16.4 Å². The third kappa shape index (κ3) is 2.23. The molecule has 4 nitrogen and oxygen atoms in total. The predicted octanol–water partition coefficient (Wildman–Crippen LogP) is 3.14. The monoisotopic (exact) mass is 300 g/mol. The van der Waals surface area contributed by atoms with Gasteiger partial charge < -0.3 is 0 Å². The molecule has 0 atom stereocenters. The van der Waals surface area contributed by atoms with Gasteiger partial charge in [0.25, 0.3) is 10.0 Å². The Hall–Kier alpha value is -2.14. The standard InChI is InChI=1S/C16H16N2O2S/c1-3-14-11-13-5-4-10-17-16(13)18(14)21(19,20)15-8-6-12(2)7-9-15/h4-11H,3H2,1-2H3. The normalized spacial score (nSPS) is 11.9. The van der Waals surface area contributed by atoms with Crippen molar-refractivity contribution >= 4 is 21.1 Å². The van der Waals surface area contributed by atoms with Crippen molar-refractivity contribution in [2.75, 3.05) is 0 Å². The third-order valence-corrected chi connectivity index (χ3v) is 5.27. The number of aromatic nitrogens is 2. The van der Waals surface area contributed by atoms with Gasteiger partial charge >= 0.3 is 0 Å². The molecule has 0 aliphatic carbocycles. The van der Waals surface area contributed by atoms with E-state index in [2.05, 4.69) is 4.98 Å². The van der Waals surface area contributed by atoms with E-state index in [0.29, 0.717) is 12.1 Å². The third-order valence-electron chi connectivity index (χ3n) is 3.51. The molecule has 2 heterocycles. The molecule has 0 radical (unpaired) electrons. The van der Waals surface area contributed by atoms with E-state index in [1.165, 1.54) is 3.97 Å². The number of benzene rings is 1. The van der Waals surface area contributed by atoms with E-state index in [-0.39, 0.29) is 4.90 Å². The molecule has 108 valence electrons. The highest BCUT2D eigenvalue weighted by Gasteiger charge is 2.22. The van der Waals surface area contributed by atoms with Crippen LogP contribution in [0, 0.1) is 6.92 Å². The van der Waals surface area contributed by atoms with Gasteiger partial charge in [-0.15, -0.1) is 0 Å². The zero-order chi connectivity index (χ0) is 15.0. The number of aryl methyl sites for hydroxylation is 2. The SMILES string of the molecule is CCc1cc2cccnc2n1S(=O)(=O)c1ccc(C)cc1. The van der Waals surface area contributed by atoms with Crippen LogP contribution in [0.2, 0.25) is 0 Å². The Morgan fingerprint density at radius 2 is 1.86 bits per heavy atom. The maximum absolute atomic E-state index is 12.9. The van der Waals surface area contributed by atoms with Crippen LogP contribution < -0.4 is 0 Å². The van der Waals surface area contributed by atoms with Crippen LogP contribution >= 0.6 is 0 Å². The molecule has 1 aromatic carbocycles. The second kappa shape index (κ2) is 5.00. The van der Waals surface area contributed by atoms with Gasteiger partial charge in [0, 0.05) is 17.3 Å². The van der Waals surface area contributed by atoms with Crippen molar-refractivity contribution < 1.29 is 8.42 Å². The van der Waals surface area contributed by atoms with Gasteiger partial charge in [0.1, 0.15) is 0 Å². The van der Waals surface area contributed by atoms with Gasteiger partial charge in [-0.25, -0.2) is 17.4 Å². The zero-order valence-electron chi connectivity index (χ0n) is 11.9. The van der Waals surface area contributed by atoms with E-state index in [9.17, 15) is 8.42 Å². The average molecular weight is 300 g/mol. The van der Waals surface area contributed by atoms with Gasteiger partial charge in [0.15, 0.2) is 5.65 Å². The smallest absolute Gasteiger partial charge is 0.237 e. The van der Waals surface area contributed by atoms with Crippen LogP contribution in [0.3, 0.4) is 0 Å². The van der Waals surface area contributed by atoms with Crippen molar-refractivity contribution in [3.8, 4) is 0 Å². The van der Waals surface area contributed by atoms with Crippen molar-refractivity contribution in [2.24, 2.45) is 0 Å². The highest BCUT2D eigenvalue weighted by molar-refractivity contribution is 7.90. The Morgan fingerprint density at radius 3 is 2.52 bits per heavy atom. The second-order valence-electron chi connectivity index (χ2n) is 4.99. The molecule has 0 unspecified atom stereocenters. The lowest BCUT2D eigenvalue weighted by Gasteiger charge is -2.10. The number of hydrogen-bond acceptors (Lipinski definition) is 3. The fourth-order valence-electron chi connectivity index (χ4n) is 2.40. The number of fused-ring (bicyclic) bond motifs is 1. The van der Waals surface area contributed by atoms with E-state index in [1.807, 2.05) is 32.0 Å². The Bertz CT molecular complexity index is 894. The summed E-state index contributed by atoms with van der Waals surface area (Å²) in [6.07, 6.45) is 2.24. The minimum absolute atomic E-state index is 0.283. The summed E-state index contributed by atoms with van der Waals surface area (Å²) in [5.74, 6) is 0. The molecule has 0 amide bonds. The minimum atomic E-state index is -3.63. The van der Waals surface area contributed by atoms with Crippen LogP contribution in [0.15, 0.2) is 53.6 Å². The van der Waals surface area contributed by atoms with E-state index in [0.717, 1.165) is 16.6 Å². The quantitative estimate of drug-likeness (QED) is 0.746. The molecule has 0 aliphatic rings. The summed E-state index contributed by atoms with van der Waals surface area (Å²) in [5.41, 5.74) is 2.25. The van der Waals surface area contributed by atoms with Crippen LogP contribution in [0.4, 0.5) is 0 Å². The molecule has 21 heavy (non-hydrogen) atoms. The predicted molar refractivity (Wildman–Crippen MR) is 82.9 cm³/mol. The first-order valence-corrected chi connectivity index (χ1v) is 8.25. The number of nitrogens with zero attached hydrogens (tertiary/aromatic N) is 2. The van der Waals surface area contributed by atoms with Crippen LogP contribution in [0.5, 0.6) is 0 Å². The molecule has 0 N–H and O–H groups in total. The lowest BCUT2D eigenvalue weighted by Crippen LogP contribution is -2.15. The van der Waals surface area contributed by atoms with Gasteiger partial charge in [-0.05, 0) is 43.7 Å². The largest absolute Gasteiger partial charge is 0.269 e. The Balaban J connectivity index is 2.30. The highest BCUT2D eigenvalue weighted by Crippen LogP contribution is 2.24. The first-order valence-electron chi connectivity index (χ1n) is 6.81. The van der Waals surface area contributed by atoms with Crippen molar-refractivity contribution in [3.63, 3.8) is 0 Å². The molecule has 3 aromatic rings. The van der Waals surface area contributed by atoms with Gasteiger partial charge in [-0.3, -0.25) is 0 Å². The fourth-order valence-corrected chi connectivity index (χ4v) is 3.96. The van der Waals surface area contributed by atoms with Gasteiger partial charge in [-0.2, -0.15) is 0 Å². The molecule has 0 saturated heterocycles. The van der Waals surface area contributed by atoms with E-state index in [1.54, 1.807) is 30.5 Å². The summed E-state index contributed by atoms with van der Waals surface area (Å²) < 4.78 is 27.2. The van der Waals surface area contributed by atoms with Gasteiger partial charge in [-0.1, -0.05) is 24.6 Å². The molecular weight excluding hydrogens is 284 g/mol. The molecule has 0 bridgehead atoms. The van der Waals surface area contributed by atoms with Crippen molar-refractivity contribution in [1.82, 2.24) is 8.96 Å². The number of hydrogen-bond donors (Lipinski definition) is 0. The molecule has 3 rings (SSSR count). The lowest BCUT2D eigenvalue weighted by atomic mass is 10.2. The van der Waals surface area contributed by atoms with Crippen molar-refractivity contribution in [2.45, 2.75) is 25.2 Å². The number of pyridine rings is 1. The molecule has 0 spiro atoms. The summed E-state index contributed by atoms with van der Waals surface area (Å²) in [6, 6.07) is 12.5.